The summed E-state index contributed by atoms with van der Waals surface area (Å²) < 4.78 is 0. The van der Waals surface area contributed by atoms with E-state index in [1.54, 1.807) is 0 Å². The molecule has 2 amide bonds. The van der Waals surface area contributed by atoms with Gasteiger partial charge in [-0.1, -0.05) is 0 Å². The van der Waals surface area contributed by atoms with E-state index >= 15 is 0 Å². The molecule has 18 heavy (non-hydrogen) atoms. The second kappa shape index (κ2) is 4.63. The van der Waals surface area contributed by atoms with E-state index in [4.69, 9.17) is 5.73 Å². The maximum absolute atomic E-state index is 11.5. The molecule has 5 nitrogen and oxygen atoms in total. The number of hydrogen-bond donors (Lipinski definition) is 1. The maximum Gasteiger partial charge on any atom is 0.229 e. The highest BCUT2D eigenvalue weighted by Gasteiger charge is 2.41. The molecule has 1 saturated carbocycles. The van der Waals surface area contributed by atoms with Crippen molar-refractivity contribution in [2.24, 2.45) is 17.6 Å². The van der Waals surface area contributed by atoms with Gasteiger partial charge in [-0.3, -0.25) is 14.5 Å². The van der Waals surface area contributed by atoms with E-state index in [0.717, 1.165) is 32.0 Å². The fourth-order valence-electron chi connectivity index (χ4n) is 3.70. The van der Waals surface area contributed by atoms with Crippen LogP contribution in [0, 0.1) is 11.8 Å². The third-order valence-corrected chi connectivity index (χ3v) is 4.78. The standard InChI is InChI=1S/C13H21N3O2/c14-11-2-1-9-7-15(8-10(9)11)5-6-16-12(17)3-4-13(16)18/h9-11H,1-8,14H2. The van der Waals surface area contributed by atoms with Gasteiger partial charge in [0, 0.05) is 45.1 Å². The van der Waals surface area contributed by atoms with Gasteiger partial charge in [-0.25, -0.2) is 0 Å². The molecular formula is C13H21N3O2. The Morgan fingerprint density at radius 3 is 2.44 bits per heavy atom. The SMILES string of the molecule is NC1CCC2CN(CCN3C(=O)CCC3=O)CC12. The first-order chi connectivity index (χ1) is 8.65. The highest BCUT2D eigenvalue weighted by Crippen LogP contribution is 2.36. The van der Waals surface area contributed by atoms with Gasteiger partial charge < -0.3 is 10.6 Å². The van der Waals surface area contributed by atoms with Crippen molar-refractivity contribution in [3.05, 3.63) is 0 Å². The lowest BCUT2D eigenvalue weighted by atomic mass is 9.98. The van der Waals surface area contributed by atoms with Crippen LogP contribution < -0.4 is 5.73 Å². The van der Waals surface area contributed by atoms with Crippen LogP contribution in [0.5, 0.6) is 0 Å². The second-order valence-electron chi connectivity index (χ2n) is 5.86. The molecule has 2 aliphatic heterocycles. The Kier molecular flexibility index (Phi) is 3.11. The quantitative estimate of drug-likeness (QED) is 0.706. The Labute approximate surface area is 107 Å². The zero-order valence-corrected chi connectivity index (χ0v) is 10.7. The minimum absolute atomic E-state index is 0.00362. The molecule has 3 rings (SSSR count). The molecule has 3 aliphatic rings. The molecular weight excluding hydrogens is 230 g/mol. The predicted molar refractivity (Wildman–Crippen MR) is 66.6 cm³/mol. The smallest absolute Gasteiger partial charge is 0.229 e. The summed E-state index contributed by atoms with van der Waals surface area (Å²) in [4.78, 5) is 26.8. The average Bonchev–Trinajstić information content (AvgIpc) is 2.97. The molecule has 2 heterocycles. The van der Waals surface area contributed by atoms with Gasteiger partial charge in [0.05, 0.1) is 0 Å². The van der Waals surface area contributed by atoms with Gasteiger partial charge >= 0.3 is 0 Å². The molecule has 0 aromatic carbocycles. The van der Waals surface area contributed by atoms with Crippen molar-refractivity contribution in [2.45, 2.75) is 31.7 Å². The molecule has 3 unspecified atom stereocenters. The van der Waals surface area contributed by atoms with Crippen molar-refractivity contribution in [1.82, 2.24) is 9.80 Å². The predicted octanol–water partition coefficient (Wildman–Crippen LogP) is -0.195. The molecule has 1 aliphatic carbocycles. The number of carbonyl (C=O) groups excluding carboxylic acids is 2. The van der Waals surface area contributed by atoms with Gasteiger partial charge in [0.2, 0.25) is 11.8 Å². The van der Waals surface area contributed by atoms with Crippen molar-refractivity contribution < 1.29 is 9.59 Å². The molecule has 3 atom stereocenters. The van der Waals surface area contributed by atoms with E-state index in [0.29, 0.717) is 31.3 Å². The van der Waals surface area contributed by atoms with Crippen LogP contribution in [0.15, 0.2) is 0 Å². The van der Waals surface area contributed by atoms with Crippen LogP contribution in [-0.4, -0.2) is 53.8 Å². The molecule has 2 N–H and O–H groups in total. The average molecular weight is 251 g/mol. The molecule has 0 spiro atoms. The number of carbonyl (C=O) groups is 2. The molecule has 0 bridgehead atoms. The third kappa shape index (κ3) is 2.06. The Morgan fingerprint density at radius 1 is 1.06 bits per heavy atom. The van der Waals surface area contributed by atoms with E-state index in [2.05, 4.69) is 4.90 Å². The van der Waals surface area contributed by atoms with Gasteiger partial charge in [0.1, 0.15) is 0 Å². The summed E-state index contributed by atoms with van der Waals surface area (Å²) in [6.07, 6.45) is 3.19. The van der Waals surface area contributed by atoms with E-state index < -0.39 is 0 Å². The first-order valence-electron chi connectivity index (χ1n) is 6.96. The number of imide groups is 1. The van der Waals surface area contributed by atoms with Gasteiger partial charge in [-0.05, 0) is 24.7 Å². The number of fused-ring (bicyclic) bond motifs is 1. The zero-order chi connectivity index (χ0) is 12.7. The number of hydrogen-bond acceptors (Lipinski definition) is 4. The highest BCUT2D eigenvalue weighted by atomic mass is 16.2. The third-order valence-electron chi connectivity index (χ3n) is 4.78. The molecule has 5 heteroatoms. The van der Waals surface area contributed by atoms with Crippen LogP contribution in [-0.2, 0) is 9.59 Å². The van der Waals surface area contributed by atoms with E-state index in [9.17, 15) is 9.59 Å². The summed E-state index contributed by atoms with van der Waals surface area (Å²) in [5.41, 5.74) is 6.10. The van der Waals surface area contributed by atoms with Gasteiger partial charge in [-0.15, -0.1) is 0 Å². The largest absolute Gasteiger partial charge is 0.327 e. The number of amides is 2. The number of nitrogens with zero attached hydrogens (tertiary/aromatic N) is 2. The van der Waals surface area contributed by atoms with Gasteiger partial charge in [0.25, 0.3) is 0 Å². The Morgan fingerprint density at radius 2 is 1.78 bits per heavy atom. The van der Waals surface area contributed by atoms with E-state index in [1.165, 1.54) is 11.3 Å². The summed E-state index contributed by atoms with van der Waals surface area (Å²) >= 11 is 0. The van der Waals surface area contributed by atoms with Crippen molar-refractivity contribution in [2.75, 3.05) is 26.2 Å². The first kappa shape index (κ1) is 12.1. The normalized spacial score (nSPS) is 36.7. The van der Waals surface area contributed by atoms with Crippen molar-refractivity contribution in [1.29, 1.82) is 0 Å². The topological polar surface area (TPSA) is 66.6 Å². The highest BCUT2D eigenvalue weighted by molar-refractivity contribution is 6.01. The minimum Gasteiger partial charge on any atom is -0.327 e. The van der Waals surface area contributed by atoms with Gasteiger partial charge in [0.15, 0.2) is 0 Å². The summed E-state index contributed by atoms with van der Waals surface area (Å²) in [6.45, 7) is 3.51. The zero-order valence-electron chi connectivity index (χ0n) is 10.7. The van der Waals surface area contributed by atoms with Crippen LogP contribution >= 0.6 is 0 Å². The lowest BCUT2D eigenvalue weighted by molar-refractivity contribution is -0.138. The summed E-state index contributed by atoms with van der Waals surface area (Å²) in [5.74, 6) is 1.37. The fourth-order valence-corrected chi connectivity index (χ4v) is 3.70. The Hall–Kier alpha value is -0.940. The van der Waals surface area contributed by atoms with Crippen LogP contribution in [0.2, 0.25) is 0 Å². The summed E-state index contributed by atoms with van der Waals surface area (Å²) in [7, 11) is 0. The molecule has 0 aromatic heterocycles. The van der Waals surface area contributed by atoms with Gasteiger partial charge in [-0.2, -0.15) is 0 Å². The molecule has 0 radical (unpaired) electrons. The summed E-state index contributed by atoms with van der Waals surface area (Å²) in [5, 5.41) is 0. The molecule has 100 valence electrons. The van der Waals surface area contributed by atoms with Crippen molar-refractivity contribution in [3.63, 3.8) is 0 Å². The maximum atomic E-state index is 11.5. The lowest BCUT2D eigenvalue weighted by Gasteiger charge is -2.21. The van der Waals surface area contributed by atoms with Crippen molar-refractivity contribution >= 4 is 11.8 Å². The van der Waals surface area contributed by atoms with E-state index in [1.807, 2.05) is 0 Å². The van der Waals surface area contributed by atoms with Crippen LogP contribution in [0.3, 0.4) is 0 Å². The van der Waals surface area contributed by atoms with Crippen LogP contribution in [0.25, 0.3) is 0 Å². The first-order valence-corrected chi connectivity index (χ1v) is 6.96. The van der Waals surface area contributed by atoms with E-state index in [-0.39, 0.29) is 11.8 Å². The number of rotatable bonds is 3. The number of nitrogens with two attached hydrogens (primary N) is 1. The fraction of sp³-hybridized carbons (Fsp3) is 0.846. The second-order valence-corrected chi connectivity index (χ2v) is 5.86. The number of likely N-dealkylation sites (tertiary alicyclic amines) is 2. The summed E-state index contributed by atoms with van der Waals surface area (Å²) in [6, 6.07) is 0.357. The van der Waals surface area contributed by atoms with Crippen LogP contribution in [0.4, 0.5) is 0 Å². The Bertz CT molecular complexity index is 355. The van der Waals surface area contributed by atoms with Crippen molar-refractivity contribution in [3.8, 4) is 0 Å². The Balaban J connectivity index is 1.50. The molecule has 0 aromatic rings. The van der Waals surface area contributed by atoms with Crippen LogP contribution in [0.1, 0.15) is 25.7 Å². The monoisotopic (exact) mass is 251 g/mol. The minimum atomic E-state index is -0.00362. The molecule has 3 fully saturated rings. The lowest BCUT2D eigenvalue weighted by Crippen LogP contribution is -2.38. The molecule has 2 saturated heterocycles.